The minimum Gasteiger partial charge on any atom is -0.383 e. The zero-order chi connectivity index (χ0) is 13.6. The molecule has 0 spiro atoms. The van der Waals surface area contributed by atoms with Crippen molar-refractivity contribution in [1.29, 1.82) is 0 Å². The zero-order valence-electron chi connectivity index (χ0n) is 9.44. The van der Waals surface area contributed by atoms with Crippen molar-refractivity contribution in [3.63, 3.8) is 0 Å². The second-order valence-electron chi connectivity index (χ2n) is 3.90. The van der Waals surface area contributed by atoms with Crippen molar-refractivity contribution in [2.75, 3.05) is 5.73 Å². The van der Waals surface area contributed by atoms with Gasteiger partial charge in [-0.25, -0.2) is 9.67 Å². The van der Waals surface area contributed by atoms with Gasteiger partial charge in [0.1, 0.15) is 17.0 Å². The molecule has 1 aromatic carbocycles. The van der Waals surface area contributed by atoms with Crippen molar-refractivity contribution >= 4 is 51.5 Å². The summed E-state index contributed by atoms with van der Waals surface area (Å²) >= 11 is 18.3. The van der Waals surface area contributed by atoms with Crippen LogP contribution in [0.3, 0.4) is 0 Å². The standard InChI is InChI=1S/C12H7Cl3N4/c13-7-2-1-3-8(14)11(7)19-5-6-10(18-19)9(15)4-17-12(6)16/h1-5H,(H2,16,17). The molecule has 0 bridgehead atoms. The van der Waals surface area contributed by atoms with E-state index in [1.807, 2.05) is 0 Å². The monoisotopic (exact) mass is 312 g/mol. The Bertz CT molecular complexity index is 723. The van der Waals surface area contributed by atoms with Crippen LogP contribution in [-0.2, 0) is 0 Å². The molecule has 0 saturated carbocycles. The second-order valence-corrected chi connectivity index (χ2v) is 5.12. The predicted octanol–water partition coefficient (Wildman–Crippen LogP) is 3.96. The Kier molecular flexibility index (Phi) is 3.01. The molecule has 4 nitrogen and oxygen atoms in total. The van der Waals surface area contributed by atoms with Crippen molar-refractivity contribution < 1.29 is 0 Å². The Balaban J connectivity index is 2.33. The lowest BCUT2D eigenvalue weighted by Gasteiger charge is -2.05. The van der Waals surface area contributed by atoms with E-state index in [9.17, 15) is 0 Å². The van der Waals surface area contributed by atoms with E-state index in [1.54, 1.807) is 29.1 Å². The maximum absolute atomic E-state index is 6.15. The maximum atomic E-state index is 6.15. The topological polar surface area (TPSA) is 56.7 Å². The molecule has 0 aliphatic rings. The predicted molar refractivity (Wildman–Crippen MR) is 78.3 cm³/mol. The number of fused-ring (bicyclic) bond motifs is 1. The molecule has 0 radical (unpaired) electrons. The van der Waals surface area contributed by atoms with E-state index < -0.39 is 0 Å². The highest BCUT2D eigenvalue weighted by Gasteiger charge is 2.13. The van der Waals surface area contributed by atoms with Gasteiger partial charge in [-0.3, -0.25) is 0 Å². The number of hydrogen-bond acceptors (Lipinski definition) is 3. The van der Waals surface area contributed by atoms with Gasteiger partial charge >= 0.3 is 0 Å². The van der Waals surface area contributed by atoms with E-state index in [0.717, 1.165) is 0 Å². The average molecular weight is 314 g/mol. The summed E-state index contributed by atoms with van der Waals surface area (Å²) in [5, 5.41) is 6.42. The lowest BCUT2D eigenvalue weighted by atomic mass is 10.3. The number of benzene rings is 1. The molecule has 0 fully saturated rings. The third-order valence-corrected chi connectivity index (χ3v) is 3.59. The molecule has 0 saturated heterocycles. The molecule has 3 aromatic rings. The number of nitrogens with zero attached hydrogens (tertiary/aromatic N) is 3. The van der Waals surface area contributed by atoms with Crippen LogP contribution in [0.25, 0.3) is 16.6 Å². The van der Waals surface area contributed by atoms with Gasteiger partial charge in [0.05, 0.1) is 26.7 Å². The number of rotatable bonds is 1. The quantitative estimate of drug-likeness (QED) is 0.739. The van der Waals surface area contributed by atoms with Crippen LogP contribution >= 0.6 is 34.8 Å². The third kappa shape index (κ3) is 2.02. The number of halogens is 3. The molecule has 7 heteroatoms. The van der Waals surface area contributed by atoms with E-state index >= 15 is 0 Å². The van der Waals surface area contributed by atoms with Gasteiger partial charge in [-0.2, -0.15) is 5.10 Å². The Labute approximate surface area is 123 Å². The van der Waals surface area contributed by atoms with Crippen LogP contribution in [0.4, 0.5) is 5.82 Å². The molecule has 2 aromatic heterocycles. The number of para-hydroxylation sites is 1. The van der Waals surface area contributed by atoms with Gasteiger partial charge in [-0.15, -0.1) is 0 Å². The van der Waals surface area contributed by atoms with E-state index in [0.29, 0.717) is 37.5 Å². The summed E-state index contributed by atoms with van der Waals surface area (Å²) in [7, 11) is 0. The van der Waals surface area contributed by atoms with Crippen molar-refractivity contribution in [3.05, 3.63) is 45.7 Å². The summed E-state index contributed by atoms with van der Waals surface area (Å²) in [6, 6.07) is 5.23. The Morgan fingerprint density at radius 1 is 1.05 bits per heavy atom. The molecule has 0 unspecified atom stereocenters. The average Bonchev–Trinajstić information content (AvgIpc) is 2.80. The molecule has 2 heterocycles. The highest BCUT2D eigenvalue weighted by atomic mass is 35.5. The first-order valence-electron chi connectivity index (χ1n) is 5.31. The number of nitrogens with two attached hydrogens (primary N) is 1. The minimum atomic E-state index is 0.355. The van der Waals surface area contributed by atoms with Gasteiger partial charge in [-0.05, 0) is 12.1 Å². The van der Waals surface area contributed by atoms with Gasteiger partial charge in [0.25, 0.3) is 0 Å². The van der Waals surface area contributed by atoms with Crippen LogP contribution in [0.1, 0.15) is 0 Å². The molecular formula is C12H7Cl3N4. The van der Waals surface area contributed by atoms with Gasteiger partial charge in [0.2, 0.25) is 0 Å². The van der Waals surface area contributed by atoms with Gasteiger partial charge in [-0.1, -0.05) is 40.9 Å². The summed E-state index contributed by atoms with van der Waals surface area (Å²) in [6.45, 7) is 0. The van der Waals surface area contributed by atoms with Crippen LogP contribution in [0.5, 0.6) is 0 Å². The fraction of sp³-hybridized carbons (Fsp3) is 0. The van der Waals surface area contributed by atoms with Crippen LogP contribution < -0.4 is 5.73 Å². The van der Waals surface area contributed by atoms with Crippen LogP contribution in [0.15, 0.2) is 30.6 Å². The SMILES string of the molecule is Nc1ncc(Cl)c2nn(-c3c(Cl)cccc3Cl)cc12. The van der Waals surface area contributed by atoms with E-state index in [1.165, 1.54) is 6.20 Å². The second kappa shape index (κ2) is 4.56. The van der Waals surface area contributed by atoms with Gasteiger partial charge in [0, 0.05) is 6.20 Å². The number of aromatic nitrogens is 3. The van der Waals surface area contributed by atoms with Crippen LogP contribution in [-0.4, -0.2) is 14.8 Å². The molecular weight excluding hydrogens is 307 g/mol. The number of anilines is 1. The lowest BCUT2D eigenvalue weighted by Crippen LogP contribution is -1.96. The van der Waals surface area contributed by atoms with Crippen molar-refractivity contribution in [2.24, 2.45) is 0 Å². The van der Waals surface area contributed by atoms with Crippen LogP contribution in [0, 0.1) is 0 Å². The number of nitrogen functional groups attached to an aromatic ring is 1. The van der Waals surface area contributed by atoms with Crippen molar-refractivity contribution in [3.8, 4) is 5.69 Å². The summed E-state index contributed by atoms with van der Waals surface area (Å²) in [5.41, 5.74) is 6.94. The van der Waals surface area contributed by atoms with Crippen molar-refractivity contribution in [1.82, 2.24) is 14.8 Å². The molecule has 19 heavy (non-hydrogen) atoms. The molecule has 0 aliphatic heterocycles. The molecule has 0 atom stereocenters. The summed E-state index contributed by atoms with van der Waals surface area (Å²) in [6.07, 6.45) is 3.17. The van der Waals surface area contributed by atoms with Gasteiger partial charge in [0.15, 0.2) is 0 Å². The smallest absolute Gasteiger partial charge is 0.134 e. The van der Waals surface area contributed by atoms with E-state index in [2.05, 4.69) is 10.1 Å². The summed E-state index contributed by atoms with van der Waals surface area (Å²) in [5.74, 6) is 0.355. The fourth-order valence-electron chi connectivity index (χ4n) is 1.82. The first-order valence-corrected chi connectivity index (χ1v) is 6.45. The van der Waals surface area contributed by atoms with Crippen LogP contribution in [0.2, 0.25) is 15.1 Å². The van der Waals surface area contributed by atoms with E-state index in [-0.39, 0.29) is 0 Å². The summed E-state index contributed by atoms with van der Waals surface area (Å²) in [4.78, 5) is 3.99. The number of pyridine rings is 1. The summed E-state index contributed by atoms with van der Waals surface area (Å²) < 4.78 is 1.55. The third-order valence-electron chi connectivity index (χ3n) is 2.70. The normalized spacial score (nSPS) is 11.1. The van der Waals surface area contributed by atoms with Crippen molar-refractivity contribution in [2.45, 2.75) is 0 Å². The van der Waals surface area contributed by atoms with E-state index in [4.69, 9.17) is 40.5 Å². The molecule has 96 valence electrons. The number of hydrogen-bond donors (Lipinski definition) is 1. The van der Waals surface area contributed by atoms with Gasteiger partial charge < -0.3 is 5.73 Å². The molecule has 2 N–H and O–H groups in total. The Hall–Kier alpha value is -1.49. The lowest BCUT2D eigenvalue weighted by molar-refractivity contribution is 0.897. The minimum absolute atomic E-state index is 0.355. The molecule has 3 rings (SSSR count). The first-order chi connectivity index (χ1) is 9.08. The first kappa shape index (κ1) is 12.5. The highest BCUT2D eigenvalue weighted by molar-refractivity contribution is 6.38. The molecule has 0 aliphatic carbocycles. The zero-order valence-corrected chi connectivity index (χ0v) is 11.7. The Morgan fingerprint density at radius 2 is 1.74 bits per heavy atom. The molecule has 0 amide bonds. The largest absolute Gasteiger partial charge is 0.383 e. The highest BCUT2D eigenvalue weighted by Crippen LogP contribution is 2.31. The Morgan fingerprint density at radius 3 is 2.37 bits per heavy atom. The maximum Gasteiger partial charge on any atom is 0.134 e. The fourth-order valence-corrected chi connectivity index (χ4v) is 2.58.